The van der Waals surface area contributed by atoms with Crippen LogP contribution in [0.4, 0.5) is 0 Å². The van der Waals surface area contributed by atoms with Gasteiger partial charge < -0.3 is 10.2 Å². The number of nitrogens with zero attached hydrogens (tertiary/aromatic N) is 2. The minimum Gasteiger partial charge on any atom is -0.481 e. The molecule has 9 heteroatoms. The first kappa shape index (κ1) is 17.0. The van der Waals surface area contributed by atoms with E-state index < -0.39 is 29.2 Å². The number of hydrogen-bond acceptors (Lipinski definition) is 5. The SMILES string of the molecule is CC1(C)C(=O)N(CCC(=O)O)C(=S)N(CCC(=O)O)C1=O. The van der Waals surface area contributed by atoms with Crippen LogP contribution in [0.5, 0.6) is 0 Å². The molecule has 0 aromatic carbocycles. The number of carboxylic acids is 2. The molecule has 0 bridgehead atoms. The predicted octanol–water partition coefficient (Wildman–Crippen LogP) is -0.0823. The van der Waals surface area contributed by atoms with Gasteiger partial charge in [-0.3, -0.25) is 29.0 Å². The Morgan fingerprint density at radius 2 is 1.33 bits per heavy atom. The molecule has 0 spiro atoms. The topological polar surface area (TPSA) is 115 Å². The fourth-order valence-electron chi connectivity index (χ4n) is 1.89. The van der Waals surface area contributed by atoms with Crippen molar-refractivity contribution in [2.45, 2.75) is 26.7 Å². The molecule has 116 valence electrons. The summed E-state index contributed by atoms with van der Waals surface area (Å²) in [5, 5.41) is 17.3. The average molecular weight is 316 g/mol. The van der Waals surface area contributed by atoms with Crippen LogP contribution in [0.25, 0.3) is 0 Å². The van der Waals surface area contributed by atoms with Crippen molar-refractivity contribution < 1.29 is 29.4 Å². The molecular formula is C12H16N2O6S. The number of thiocarbonyl (C=S) groups is 1. The highest BCUT2D eigenvalue weighted by Crippen LogP contribution is 2.29. The number of carboxylic acid groups (broad SMARTS) is 2. The van der Waals surface area contributed by atoms with Crippen LogP contribution in [-0.4, -0.2) is 62.0 Å². The summed E-state index contributed by atoms with van der Waals surface area (Å²) in [5.74, 6) is -3.36. The summed E-state index contributed by atoms with van der Waals surface area (Å²) < 4.78 is 0. The summed E-state index contributed by atoms with van der Waals surface area (Å²) >= 11 is 5.03. The number of hydrogen-bond donors (Lipinski definition) is 2. The fraction of sp³-hybridized carbons (Fsp3) is 0.583. The van der Waals surface area contributed by atoms with Gasteiger partial charge in [0.1, 0.15) is 5.41 Å². The van der Waals surface area contributed by atoms with Crippen molar-refractivity contribution in [2.24, 2.45) is 5.41 Å². The lowest BCUT2D eigenvalue weighted by Crippen LogP contribution is -2.63. The van der Waals surface area contributed by atoms with Crippen LogP contribution in [0.3, 0.4) is 0 Å². The van der Waals surface area contributed by atoms with Gasteiger partial charge in [-0.05, 0) is 26.1 Å². The van der Waals surface area contributed by atoms with E-state index >= 15 is 0 Å². The second-order valence-electron chi connectivity index (χ2n) is 5.11. The normalized spacial score (nSPS) is 18.1. The summed E-state index contributed by atoms with van der Waals surface area (Å²) in [6, 6.07) is 0. The molecule has 1 fully saturated rings. The van der Waals surface area contributed by atoms with E-state index in [4.69, 9.17) is 22.4 Å². The second-order valence-corrected chi connectivity index (χ2v) is 5.47. The summed E-state index contributed by atoms with van der Waals surface area (Å²) in [6.45, 7) is 2.49. The van der Waals surface area contributed by atoms with Crippen LogP contribution in [0, 0.1) is 5.41 Å². The molecular weight excluding hydrogens is 300 g/mol. The first-order valence-corrected chi connectivity index (χ1v) is 6.61. The summed E-state index contributed by atoms with van der Waals surface area (Å²) in [6.07, 6.45) is -0.633. The zero-order chi connectivity index (χ0) is 16.4. The van der Waals surface area contributed by atoms with E-state index in [9.17, 15) is 19.2 Å². The molecule has 1 rings (SSSR count). The van der Waals surface area contributed by atoms with Gasteiger partial charge in [-0.25, -0.2) is 0 Å². The van der Waals surface area contributed by atoms with Gasteiger partial charge in [0.2, 0.25) is 11.8 Å². The maximum absolute atomic E-state index is 12.2. The Kier molecular flexibility index (Phi) is 5.00. The highest BCUT2D eigenvalue weighted by atomic mass is 32.1. The minimum atomic E-state index is -1.40. The van der Waals surface area contributed by atoms with E-state index in [1.165, 1.54) is 13.8 Å². The lowest BCUT2D eigenvalue weighted by atomic mass is 9.87. The Bertz CT molecular complexity index is 474. The summed E-state index contributed by atoms with van der Waals surface area (Å²) in [7, 11) is 0. The van der Waals surface area contributed by atoms with Crippen molar-refractivity contribution in [1.82, 2.24) is 9.80 Å². The van der Waals surface area contributed by atoms with Gasteiger partial charge in [0.15, 0.2) is 5.11 Å². The van der Waals surface area contributed by atoms with E-state index in [0.29, 0.717) is 0 Å². The lowest BCUT2D eigenvalue weighted by molar-refractivity contribution is -0.154. The van der Waals surface area contributed by atoms with Gasteiger partial charge in [0.25, 0.3) is 0 Å². The van der Waals surface area contributed by atoms with E-state index in [1.807, 2.05) is 0 Å². The van der Waals surface area contributed by atoms with Gasteiger partial charge in [-0.15, -0.1) is 0 Å². The Balaban J connectivity index is 3.01. The maximum atomic E-state index is 12.2. The van der Waals surface area contributed by atoms with Gasteiger partial charge >= 0.3 is 11.9 Å². The van der Waals surface area contributed by atoms with Gasteiger partial charge in [-0.1, -0.05) is 0 Å². The number of aliphatic carboxylic acids is 2. The zero-order valence-electron chi connectivity index (χ0n) is 11.7. The molecule has 0 radical (unpaired) electrons. The van der Waals surface area contributed by atoms with Gasteiger partial charge in [0, 0.05) is 13.1 Å². The molecule has 2 N–H and O–H groups in total. The van der Waals surface area contributed by atoms with E-state index in [2.05, 4.69) is 0 Å². The zero-order valence-corrected chi connectivity index (χ0v) is 12.5. The van der Waals surface area contributed by atoms with Crippen molar-refractivity contribution in [3.63, 3.8) is 0 Å². The molecule has 2 amide bonds. The van der Waals surface area contributed by atoms with Crippen LogP contribution in [0.15, 0.2) is 0 Å². The molecule has 0 atom stereocenters. The predicted molar refractivity (Wildman–Crippen MR) is 74.3 cm³/mol. The number of amides is 2. The van der Waals surface area contributed by atoms with Crippen LogP contribution in [0.1, 0.15) is 26.7 Å². The third-order valence-corrected chi connectivity index (χ3v) is 3.56. The highest BCUT2D eigenvalue weighted by Gasteiger charge is 2.49. The quantitative estimate of drug-likeness (QED) is 0.520. The van der Waals surface area contributed by atoms with Crippen molar-refractivity contribution in [3.8, 4) is 0 Å². The Hall–Kier alpha value is -2.03. The van der Waals surface area contributed by atoms with Crippen LogP contribution >= 0.6 is 12.2 Å². The van der Waals surface area contributed by atoms with Crippen LogP contribution < -0.4 is 0 Å². The van der Waals surface area contributed by atoms with E-state index in [0.717, 1.165) is 9.80 Å². The minimum absolute atomic E-state index is 0.146. The van der Waals surface area contributed by atoms with Crippen LogP contribution in [0.2, 0.25) is 0 Å². The molecule has 8 nitrogen and oxygen atoms in total. The lowest BCUT2D eigenvalue weighted by Gasteiger charge is -2.42. The Morgan fingerprint density at radius 3 is 1.62 bits per heavy atom. The number of rotatable bonds is 6. The molecule has 1 saturated heterocycles. The third kappa shape index (κ3) is 3.54. The number of carbonyl (C=O) groups is 4. The highest BCUT2D eigenvalue weighted by molar-refractivity contribution is 7.80. The molecule has 1 aliphatic heterocycles. The molecule has 1 aliphatic rings. The van der Waals surface area contributed by atoms with Crippen LogP contribution in [-0.2, 0) is 19.2 Å². The molecule has 0 unspecified atom stereocenters. The van der Waals surface area contributed by atoms with Gasteiger partial charge in [0.05, 0.1) is 12.8 Å². The standard InChI is InChI=1S/C12H16N2O6S/c1-12(2)9(19)13(5-3-7(15)16)11(21)14(10(12)20)6-4-8(17)18/h3-6H2,1-2H3,(H,15,16)(H,17,18). The fourth-order valence-corrected chi connectivity index (χ4v) is 2.24. The molecule has 1 heterocycles. The van der Waals surface area contributed by atoms with E-state index in [-0.39, 0.29) is 31.0 Å². The first-order chi connectivity index (χ1) is 9.59. The molecule has 0 aromatic heterocycles. The molecule has 21 heavy (non-hydrogen) atoms. The summed E-state index contributed by atoms with van der Waals surface area (Å²) in [5.41, 5.74) is -1.40. The largest absolute Gasteiger partial charge is 0.481 e. The van der Waals surface area contributed by atoms with Crippen molar-refractivity contribution in [1.29, 1.82) is 0 Å². The summed E-state index contributed by atoms with van der Waals surface area (Å²) in [4.78, 5) is 47.9. The molecule has 0 saturated carbocycles. The monoisotopic (exact) mass is 316 g/mol. The first-order valence-electron chi connectivity index (χ1n) is 6.20. The van der Waals surface area contributed by atoms with Crippen molar-refractivity contribution >= 4 is 41.1 Å². The van der Waals surface area contributed by atoms with Crippen molar-refractivity contribution in [2.75, 3.05) is 13.1 Å². The van der Waals surface area contributed by atoms with E-state index in [1.54, 1.807) is 0 Å². The Morgan fingerprint density at radius 1 is 1.00 bits per heavy atom. The van der Waals surface area contributed by atoms with Crippen molar-refractivity contribution in [3.05, 3.63) is 0 Å². The third-order valence-electron chi connectivity index (χ3n) is 3.12. The number of carbonyl (C=O) groups excluding carboxylic acids is 2. The second kappa shape index (κ2) is 6.17. The smallest absolute Gasteiger partial charge is 0.305 e. The Labute approximate surface area is 126 Å². The maximum Gasteiger partial charge on any atom is 0.305 e. The molecule has 0 aromatic rings. The molecule has 0 aliphatic carbocycles. The average Bonchev–Trinajstić information content (AvgIpc) is 2.36. The van der Waals surface area contributed by atoms with Gasteiger partial charge in [-0.2, -0.15) is 0 Å².